The molecule has 0 spiro atoms. The van der Waals surface area contributed by atoms with Gasteiger partial charge in [0.2, 0.25) is 12.1 Å². The molecule has 7 heteroatoms. The SMILES string of the molecule is CC(C)N1C(=O)[C@@H](NC(=O)Cc2cc(Cl)cc(Cl)c2)N=C(c2ccccc2)c2ccccc21. The molecule has 0 aromatic heterocycles. The molecule has 0 aliphatic carbocycles. The first-order chi connectivity index (χ1) is 15.8. The zero-order chi connectivity index (χ0) is 23.5. The van der Waals surface area contributed by atoms with Gasteiger partial charge in [-0.05, 0) is 43.7 Å². The minimum absolute atomic E-state index is 0.0227. The highest BCUT2D eigenvalue weighted by atomic mass is 35.5. The number of carbonyl (C=O) groups is 2. The number of halogens is 2. The Hall–Kier alpha value is -3.15. The van der Waals surface area contributed by atoms with E-state index in [1.165, 1.54) is 0 Å². The standard InChI is InChI=1S/C26H23Cl2N3O2/c1-16(2)31-22-11-7-6-10-21(22)24(18-8-4-3-5-9-18)30-25(26(31)33)29-23(32)14-17-12-19(27)15-20(28)13-17/h3-13,15-16,25H,14H2,1-2H3,(H,29,32)/t25-/m0/s1. The van der Waals surface area contributed by atoms with Crippen molar-refractivity contribution in [3.05, 3.63) is 99.5 Å². The summed E-state index contributed by atoms with van der Waals surface area (Å²) in [5.41, 5.74) is 3.77. The van der Waals surface area contributed by atoms with Gasteiger partial charge in [0, 0.05) is 27.2 Å². The number of nitrogens with one attached hydrogen (secondary N) is 1. The monoisotopic (exact) mass is 479 g/mol. The predicted molar refractivity (Wildman–Crippen MR) is 133 cm³/mol. The van der Waals surface area contributed by atoms with Gasteiger partial charge in [-0.2, -0.15) is 0 Å². The maximum absolute atomic E-state index is 13.6. The van der Waals surface area contributed by atoms with E-state index in [4.69, 9.17) is 28.2 Å². The third-order valence-corrected chi connectivity index (χ3v) is 5.73. The molecule has 0 bridgehead atoms. The van der Waals surface area contributed by atoms with Gasteiger partial charge in [-0.25, -0.2) is 4.99 Å². The highest BCUT2D eigenvalue weighted by Gasteiger charge is 2.34. The maximum Gasteiger partial charge on any atom is 0.272 e. The van der Waals surface area contributed by atoms with E-state index >= 15 is 0 Å². The third kappa shape index (κ3) is 5.10. The van der Waals surface area contributed by atoms with Crippen molar-refractivity contribution < 1.29 is 9.59 Å². The summed E-state index contributed by atoms with van der Waals surface area (Å²) in [7, 11) is 0. The highest BCUT2D eigenvalue weighted by Crippen LogP contribution is 2.29. The molecule has 168 valence electrons. The van der Waals surface area contributed by atoms with Crippen LogP contribution in [-0.2, 0) is 16.0 Å². The number of nitrogens with zero attached hydrogens (tertiary/aromatic N) is 2. The van der Waals surface area contributed by atoms with Gasteiger partial charge in [0.25, 0.3) is 5.91 Å². The van der Waals surface area contributed by atoms with Gasteiger partial charge in [0.1, 0.15) is 0 Å². The highest BCUT2D eigenvalue weighted by molar-refractivity contribution is 6.34. The summed E-state index contributed by atoms with van der Waals surface area (Å²) in [5.74, 6) is -0.640. The molecule has 0 radical (unpaired) electrons. The van der Waals surface area contributed by atoms with Crippen LogP contribution in [0.1, 0.15) is 30.5 Å². The maximum atomic E-state index is 13.6. The zero-order valence-corrected chi connectivity index (χ0v) is 19.8. The van der Waals surface area contributed by atoms with Gasteiger partial charge in [0.05, 0.1) is 17.8 Å². The van der Waals surface area contributed by atoms with E-state index in [1.807, 2.05) is 68.4 Å². The largest absolute Gasteiger partial charge is 0.326 e. The van der Waals surface area contributed by atoms with Crippen LogP contribution in [0.25, 0.3) is 0 Å². The Labute approximate surface area is 203 Å². The van der Waals surface area contributed by atoms with Gasteiger partial charge >= 0.3 is 0 Å². The Bertz CT molecular complexity index is 1200. The van der Waals surface area contributed by atoms with Crippen LogP contribution in [0.5, 0.6) is 0 Å². The van der Waals surface area contributed by atoms with Crippen LogP contribution in [0.15, 0.2) is 77.8 Å². The van der Waals surface area contributed by atoms with Crippen molar-refractivity contribution >= 4 is 46.4 Å². The molecule has 0 saturated heterocycles. The molecule has 4 rings (SSSR count). The fourth-order valence-electron chi connectivity index (χ4n) is 3.94. The second-order valence-corrected chi connectivity index (χ2v) is 8.96. The first-order valence-electron chi connectivity index (χ1n) is 10.6. The number of benzodiazepines with no additional fused rings is 1. The molecule has 1 aliphatic heterocycles. The van der Waals surface area contributed by atoms with Gasteiger partial charge in [-0.3, -0.25) is 9.59 Å². The summed E-state index contributed by atoms with van der Waals surface area (Å²) in [6, 6.07) is 22.1. The minimum atomic E-state index is -1.07. The number of aliphatic imine (C=N–C) groups is 1. The number of anilines is 1. The first-order valence-corrected chi connectivity index (χ1v) is 11.4. The van der Waals surface area contributed by atoms with E-state index in [9.17, 15) is 9.59 Å². The third-order valence-electron chi connectivity index (χ3n) is 5.30. The van der Waals surface area contributed by atoms with E-state index < -0.39 is 6.17 Å². The van der Waals surface area contributed by atoms with E-state index in [2.05, 4.69) is 5.32 Å². The molecule has 3 aromatic carbocycles. The van der Waals surface area contributed by atoms with Crippen LogP contribution in [0.2, 0.25) is 10.0 Å². The van der Waals surface area contributed by atoms with Crippen molar-refractivity contribution in [1.82, 2.24) is 5.32 Å². The van der Waals surface area contributed by atoms with Crippen LogP contribution in [0, 0.1) is 0 Å². The summed E-state index contributed by atoms with van der Waals surface area (Å²) < 4.78 is 0. The van der Waals surface area contributed by atoms with E-state index in [1.54, 1.807) is 23.1 Å². The summed E-state index contributed by atoms with van der Waals surface area (Å²) in [4.78, 5) is 33.0. The average Bonchev–Trinajstić information content (AvgIpc) is 2.88. The molecule has 1 heterocycles. The molecule has 33 heavy (non-hydrogen) atoms. The number of hydrogen-bond donors (Lipinski definition) is 1. The number of fused-ring (bicyclic) bond motifs is 1. The zero-order valence-electron chi connectivity index (χ0n) is 18.3. The number of para-hydroxylation sites is 1. The van der Waals surface area contributed by atoms with E-state index in [-0.39, 0.29) is 24.3 Å². The van der Waals surface area contributed by atoms with Crippen molar-refractivity contribution in [3.8, 4) is 0 Å². The van der Waals surface area contributed by atoms with Crippen LogP contribution in [0.3, 0.4) is 0 Å². The molecule has 1 atom stereocenters. The van der Waals surface area contributed by atoms with Crippen molar-refractivity contribution in [2.24, 2.45) is 4.99 Å². The number of hydrogen-bond acceptors (Lipinski definition) is 3. The smallest absolute Gasteiger partial charge is 0.272 e. The van der Waals surface area contributed by atoms with Crippen molar-refractivity contribution in [1.29, 1.82) is 0 Å². The van der Waals surface area contributed by atoms with Crippen LogP contribution >= 0.6 is 23.2 Å². The lowest BCUT2D eigenvalue weighted by Gasteiger charge is -2.29. The Balaban J connectivity index is 1.73. The molecule has 2 amide bonds. The second kappa shape index (κ2) is 9.77. The normalized spacial score (nSPS) is 15.7. The molecule has 5 nitrogen and oxygen atoms in total. The number of benzene rings is 3. The fourth-order valence-corrected chi connectivity index (χ4v) is 4.51. The fraction of sp³-hybridized carbons (Fsp3) is 0.192. The summed E-state index contributed by atoms with van der Waals surface area (Å²) in [6.45, 7) is 3.88. The van der Waals surface area contributed by atoms with Crippen LogP contribution in [0.4, 0.5) is 5.69 Å². The Kier molecular flexibility index (Phi) is 6.82. The lowest BCUT2D eigenvalue weighted by atomic mass is 10.00. The van der Waals surface area contributed by atoms with Crippen LogP contribution in [-0.4, -0.2) is 29.7 Å². The molecule has 3 aromatic rings. The first kappa shape index (κ1) is 23.0. The van der Waals surface area contributed by atoms with E-state index in [0.29, 0.717) is 21.3 Å². The summed E-state index contributed by atoms with van der Waals surface area (Å²) in [5, 5.41) is 3.70. The Morgan fingerprint density at radius 1 is 1.00 bits per heavy atom. The molecule has 0 saturated carbocycles. The van der Waals surface area contributed by atoms with Crippen molar-refractivity contribution in [2.45, 2.75) is 32.5 Å². The summed E-state index contributed by atoms with van der Waals surface area (Å²) in [6.07, 6.45) is -1.05. The van der Waals surface area contributed by atoms with Gasteiger partial charge < -0.3 is 10.2 Å². The number of amides is 2. The second-order valence-electron chi connectivity index (χ2n) is 8.09. The molecular weight excluding hydrogens is 457 g/mol. The van der Waals surface area contributed by atoms with E-state index in [0.717, 1.165) is 16.8 Å². The van der Waals surface area contributed by atoms with Crippen molar-refractivity contribution in [3.63, 3.8) is 0 Å². The van der Waals surface area contributed by atoms with Gasteiger partial charge in [-0.15, -0.1) is 0 Å². The lowest BCUT2D eigenvalue weighted by Crippen LogP contribution is -2.50. The molecular formula is C26H23Cl2N3O2. The average molecular weight is 480 g/mol. The molecule has 0 unspecified atom stereocenters. The van der Waals surface area contributed by atoms with Crippen LogP contribution < -0.4 is 10.2 Å². The number of rotatable bonds is 5. The Morgan fingerprint density at radius 2 is 1.64 bits per heavy atom. The molecule has 1 aliphatic rings. The topological polar surface area (TPSA) is 61.8 Å². The molecule has 0 fully saturated rings. The quantitative estimate of drug-likeness (QED) is 0.541. The Morgan fingerprint density at radius 3 is 2.30 bits per heavy atom. The predicted octanol–water partition coefficient (Wildman–Crippen LogP) is 5.27. The lowest BCUT2D eigenvalue weighted by molar-refractivity contribution is -0.127. The number of carbonyl (C=O) groups excluding carboxylic acids is 2. The van der Waals surface area contributed by atoms with Gasteiger partial charge in [-0.1, -0.05) is 71.7 Å². The van der Waals surface area contributed by atoms with Crippen molar-refractivity contribution in [2.75, 3.05) is 4.90 Å². The summed E-state index contributed by atoms with van der Waals surface area (Å²) >= 11 is 12.1. The molecule has 1 N–H and O–H groups in total. The van der Waals surface area contributed by atoms with Gasteiger partial charge in [0.15, 0.2) is 0 Å². The minimum Gasteiger partial charge on any atom is -0.326 e.